The highest BCUT2D eigenvalue weighted by molar-refractivity contribution is 7.89. The van der Waals surface area contributed by atoms with Crippen LogP contribution in [0.25, 0.3) is 10.9 Å². The molecule has 0 atom stereocenters. The van der Waals surface area contributed by atoms with Gasteiger partial charge in [0.05, 0.1) is 30.4 Å². The molecular formula is C24H19Cl2N3O6S. The summed E-state index contributed by atoms with van der Waals surface area (Å²) in [5.74, 6) is -0.280. The third kappa shape index (κ3) is 5.17. The highest BCUT2D eigenvalue weighted by Gasteiger charge is 2.25. The van der Waals surface area contributed by atoms with E-state index in [0.29, 0.717) is 21.7 Å². The van der Waals surface area contributed by atoms with Gasteiger partial charge in [0.1, 0.15) is 10.5 Å². The van der Waals surface area contributed by atoms with Crippen molar-refractivity contribution in [3.8, 4) is 23.1 Å². The van der Waals surface area contributed by atoms with Crippen LogP contribution < -0.4 is 24.7 Å². The fourth-order valence-electron chi connectivity index (χ4n) is 3.46. The Labute approximate surface area is 216 Å². The molecule has 4 rings (SSSR count). The van der Waals surface area contributed by atoms with Gasteiger partial charge >= 0.3 is 0 Å². The van der Waals surface area contributed by atoms with Crippen LogP contribution in [0.2, 0.25) is 10.0 Å². The molecule has 0 unspecified atom stereocenters. The van der Waals surface area contributed by atoms with Gasteiger partial charge in [0, 0.05) is 16.5 Å². The zero-order valence-electron chi connectivity index (χ0n) is 18.9. The van der Waals surface area contributed by atoms with Gasteiger partial charge in [0.25, 0.3) is 5.91 Å². The number of para-hydroxylation sites is 1. The number of pyridine rings is 1. The van der Waals surface area contributed by atoms with E-state index < -0.39 is 20.8 Å². The molecule has 3 N–H and O–H groups in total. The van der Waals surface area contributed by atoms with Crippen LogP contribution in [0.1, 0.15) is 10.4 Å². The number of rotatable bonds is 7. The molecule has 12 heteroatoms. The monoisotopic (exact) mass is 547 g/mol. The number of ether oxygens (including phenoxy) is 3. The number of hydrogen-bond donors (Lipinski definition) is 2. The lowest BCUT2D eigenvalue weighted by Crippen LogP contribution is -2.18. The third-order valence-corrected chi connectivity index (χ3v) is 6.70. The number of carbonyl (C=O) groups is 1. The Balaban J connectivity index is 1.81. The lowest BCUT2D eigenvalue weighted by molar-refractivity contribution is 0.102. The molecule has 0 aliphatic rings. The summed E-state index contributed by atoms with van der Waals surface area (Å²) in [6, 6.07) is 16.2. The van der Waals surface area contributed by atoms with E-state index in [1.54, 1.807) is 48.5 Å². The van der Waals surface area contributed by atoms with Crippen LogP contribution >= 0.6 is 23.2 Å². The maximum absolute atomic E-state index is 13.4. The van der Waals surface area contributed by atoms with Gasteiger partial charge in [0.15, 0.2) is 17.2 Å². The van der Waals surface area contributed by atoms with Crippen LogP contribution in [-0.4, -0.2) is 33.5 Å². The number of sulfonamides is 1. The molecule has 36 heavy (non-hydrogen) atoms. The van der Waals surface area contributed by atoms with Crippen LogP contribution in [0.5, 0.6) is 23.1 Å². The smallest absolute Gasteiger partial charge is 0.261 e. The molecule has 0 saturated carbocycles. The summed E-state index contributed by atoms with van der Waals surface area (Å²) in [5, 5.41) is 8.88. The molecule has 0 fully saturated rings. The van der Waals surface area contributed by atoms with Gasteiger partial charge in [-0.05, 0) is 36.4 Å². The van der Waals surface area contributed by atoms with Gasteiger partial charge < -0.3 is 19.5 Å². The van der Waals surface area contributed by atoms with E-state index in [0.717, 1.165) is 0 Å². The molecule has 0 bridgehead atoms. The summed E-state index contributed by atoms with van der Waals surface area (Å²) in [6.07, 6.45) is 0. The van der Waals surface area contributed by atoms with Crippen molar-refractivity contribution in [2.24, 2.45) is 5.14 Å². The quantitative estimate of drug-likeness (QED) is 0.323. The van der Waals surface area contributed by atoms with Gasteiger partial charge in [-0.15, -0.1) is 0 Å². The number of methoxy groups -OCH3 is 2. The van der Waals surface area contributed by atoms with Crippen LogP contribution in [0.4, 0.5) is 5.69 Å². The van der Waals surface area contributed by atoms with Gasteiger partial charge in [0.2, 0.25) is 15.9 Å². The summed E-state index contributed by atoms with van der Waals surface area (Å²) < 4.78 is 40.7. The molecule has 0 saturated heterocycles. The normalized spacial score (nSPS) is 11.2. The van der Waals surface area contributed by atoms with Crippen LogP contribution in [0, 0.1) is 0 Å². The highest BCUT2D eigenvalue weighted by atomic mass is 35.5. The fourth-order valence-corrected chi connectivity index (χ4v) is 4.89. The van der Waals surface area contributed by atoms with Crippen molar-refractivity contribution in [1.82, 2.24) is 4.98 Å². The SMILES string of the molecule is COc1cc(Cl)ccc1Oc1nc2ccccc2cc1C(=O)Nc1ccc(Cl)c(S(N)(=O)=O)c1OC. The maximum Gasteiger partial charge on any atom is 0.261 e. The van der Waals surface area contributed by atoms with Gasteiger partial charge in [-0.2, -0.15) is 0 Å². The van der Waals surface area contributed by atoms with Crippen molar-refractivity contribution in [3.63, 3.8) is 0 Å². The largest absolute Gasteiger partial charge is 0.493 e. The third-order valence-electron chi connectivity index (χ3n) is 5.07. The molecular weight excluding hydrogens is 529 g/mol. The van der Waals surface area contributed by atoms with Crippen molar-refractivity contribution in [1.29, 1.82) is 0 Å². The number of carbonyl (C=O) groups excluding carboxylic acids is 1. The van der Waals surface area contributed by atoms with E-state index in [-0.39, 0.29) is 33.7 Å². The number of anilines is 1. The van der Waals surface area contributed by atoms with E-state index in [9.17, 15) is 13.2 Å². The summed E-state index contributed by atoms with van der Waals surface area (Å²) in [6.45, 7) is 0. The number of primary sulfonamides is 1. The molecule has 1 amide bonds. The standard InChI is InChI=1S/C24H19Cl2N3O6S/c1-33-20-12-14(25)7-10-19(20)35-24-15(11-13-5-3-4-6-17(13)29-24)23(30)28-18-9-8-16(26)22(21(18)34-2)36(27,31)32/h3-12H,1-2H3,(H,28,30)(H2,27,31,32). The average Bonchev–Trinajstić information content (AvgIpc) is 2.84. The van der Waals surface area contributed by atoms with E-state index in [2.05, 4.69) is 10.3 Å². The number of aromatic nitrogens is 1. The molecule has 9 nitrogen and oxygen atoms in total. The van der Waals surface area contributed by atoms with Crippen molar-refractivity contribution >= 4 is 55.7 Å². The Kier molecular flexibility index (Phi) is 7.23. The second kappa shape index (κ2) is 10.2. The van der Waals surface area contributed by atoms with E-state index in [1.165, 1.54) is 26.4 Å². The topological polar surface area (TPSA) is 130 Å². The number of benzene rings is 3. The Bertz CT molecular complexity index is 1590. The summed E-state index contributed by atoms with van der Waals surface area (Å²) in [7, 11) is -1.57. The zero-order valence-corrected chi connectivity index (χ0v) is 21.2. The Morgan fingerprint density at radius 1 is 0.972 bits per heavy atom. The molecule has 0 aliphatic heterocycles. The van der Waals surface area contributed by atoms with Crippen molar-refractivity contribution in [2.45, 2.75) is 4.90 Å². The van der Waals surface area contributed by atoms with Gasteiger partial charge in [-0.25, -0.2) is 18.5 Å². The van der Waals surface area contributed by atoms with Gasteiger partial charge in [-0.1, -0.05) is 41.4 Å². The first-order valence-electron chi connectivity index (χ1n) is 10.2. The summed E-state index contributed by atoms with van der Waals surface area (Å²) >= 11 is 12.1. The van der Waals surface area contributed by atoms with Crippen molar-refractivity contribution in [2.75, 3.05) is 19.5 Å². The number of halogens is 2. The highest BCUT2D eigenvalue weighted by Crippen LogP contribution is 2.39. The first kappa shape index (κ1) is 25.5. The Hall–Kier alpha value is -3.57. The first-order chi connectivity index (χ1) is 17.1. The molecule has 186 valence electrons. The predicted octanol–water partition coefficient (Wildman–Crippen LogP) is 5.25. The molecule has 3 aromatic carbocycles. The van der Waals surface area contributed by atoms with Crippen LogP contribution in [0.15, 0.2) is 65.6 Å². The minimum absolute atomic E-state index is 0.0218. The molecule has 4 aromatic rings. The number of nitrogens with two attached hydrogens (primary N) is 1. The maximum atomic E-state index is 13.4. The van der Waals surface area contributed by atoms with Crippen LogP contribution in [0.3, 0.4) is 0 Å². The molecule has 0 spiro atoms. The van der Waals surface area contributed by atoms with E-state index in [1.807, 2.05) is 0 Å². The number of hydrogen-bond acceptors (Lipinski definition) is 7. The number of nitrogens with one attached hydrogen (secondary N) is 1. The van der Waals surface area contributed by atoms with Crippen molar-refractivity contribution in [3.05, 3.63) is 76.3 Å². The summed E-state index contributed by atoms with van der Waals surface area (Å²) in [5.41, 5.74) is 0.663. The van der Waals surface area contributed by atoms with Crippen molar-refractivity contribution < 1.29 is 27.4 Å². The minimum atomic E-state index is -4.26. The van der Waals surface area contributed by atoms with E-state index >= 15 is 0 Å². The fraction of sp³-hybridized carbons (Fsp3) is 0.0833. The number of fused-ring (bicyclic) bond motifs is 1. The molecule has 0 radical (unpaired) electrons. The first-order valence-corrected chi connectivity index (χ1v) is 12.5. The Morgan fingerprint density at radius 3 is 2.42 bits per heavy atom. The van der Waals surface area contributed by atoms with E-state index in [4.69, 9.17) is 42.6 Å². The average molecular weight is 548 g/mol. The lowest BCUT2D eigenvalue weighted by Gasteiger charge is -2.16. The molecule has 1 aromatic heterocycles. The Morgan fingerprint density at radius 2 is 1.72 bits per heavy atom. The molecule has 0 aliphatic carbocycles. The minimum Gasteiger partial charge on any atom is -0.493 e. The lowest BCUT2D eigenvalue weighted by atomic mass is 10.1. The predicted molar refractivity (Wildman–Crippen MR) is 137 cm³/mol. The van der Waals surface area contributed by atoms with Gasteiger partial charge in [-0.3, -0.25) is 4.79 Å². The number of nitrogens with zero attached hydrogens (tertiary/aromatic N) is 1. The number of amides is 1. The summed E-state index contributed by atoms with van der Waals surface area (Å²) in [4.78, 5) is 17.5. The second-order valence-electron chi connectivity index (χ2n) is 7.39. The second-order valence-corrected chi connectivity index (χ2v) is 9.73. The molecule has 1 heterocycles. The van der Waals surface area contributed by atoms with Crippen LogP contribution in [-0.2, 0) is 10.0 Å². The zero-order chi connectivity index (χ0) is 26.0.